The molecule has 1 saturated heterocycles. The van der Waals surface area contributed by atoms with Crippen LogP contribution >= 0.6 is 0 Å². The van der Waals surface area contributed by atoms with Gasteiger partial charge in [0.1, 0.15) is 0 Å². The molecule has 3 rings (SSSR count). The predicted molar refractivity (Wildman–Crippen MR) is 102 cm³/mol. The summed E-state index contributed by atoms with van der Waals surface area (Å²) in [5.74, 6) is 0. The topological polar surface area (TPSA) is 109 Å². The number of hydrazone groups is 1. The number of nitro benzene ring substituents is 1. The molecule has 0 bridgehead atoms. The minimum Gasteiger partial charge on any atom is -0.378 e. The molecule has 9 nitrogen and oxygen atoms in total. The smallest absolute Gasteiger partial charge is 0.339 e. The number of morpholine rings is 1. The molecule has 0 spiro atoms. The molecule has 0 aliphatic carbocycles. The van der Waals surface area contributed by atoms with Crippen molar-refractivity contribution in [3.05, 3.63) is 64.2 Å². The van der Waals surface area contributed by atoms with E-state index >= 15 is 0 Å². The Hall–Kier alpha value is -3.46. The van der Waals surface area contributed by atoms with Crippen molar-refractivity contribution in [1.29, 1.82) is 0 Å². The van der Waals surface area contributed by atoms with Crippen LogP contribution in [0.4, 0.5) is 21.9 Å². The van der Waals surface area contributed by atoms with Gasteiger partial charge in [0.2, 0.25) is 0 Å². The van der Waals surface area contributed by atoms with Crippen LogP contribution in [-0.4, -0.2) is 43.5 Å². The third-order valence-electron chi connectivity index (χ3n) is 3.98. The number of carbonyl (C=O) groups is 1. The molecule has 27 heavy (non-hydrogen) atoms. The fraction of sp³-hybridized carbons (Fsp3) is 0.222. The summed E-state index contributed by atoms with van der Waals surface area (Å²) in [7, 11) is 0. The summed E-state index contributed by atoms with van der Waals surface area (Å²) in [6.45, 7) is 2.54. The maximum absolute atomic E-state index is 11.9. The predicted octanol–water partition coefficient (Wildman–Crippen LogP) is 2.59. The van der Waals surface area contributed by atoms with E-state index in [2.05, 4.69) is 20.7 Å². The Balaban J connectivity index is 1.73. The second kappa shape index (κ2) is 8.77. The van der Waals surface area contributed by atoms with Crippen molar-refractivity contribution >= 4 is 29.3 Å². The van der Waals surface area contributed by atoms with Crippen molar-refractivity contribution in [3.63, 3.8) is 0 Å². The van der Waals surface area contributed by atoms with E-state index in [0.717, 1.165) is 5.69 Å². The number of nitrogens with zero attached hydrogens (tertiary/aromatic N) is 3. The van der Waals surface area contributed by atoms with Crippen molar-refractivity contribution in [2.75, 3.05) is 36.5 Å². The molecule has 0 unspecified atom stereocenters. The van der Waals surface area contributed by atoms with Crippen LogP contribution < -0.4 is 15.6 Å². The van der Waals surface area contributed by atoms with E-state index in [-0.39, 0.29) is 5.69 Å². The van der Waals surface area contributed by atoms with Crippen LogP contribution in [0.1, 0.15) is 5.56 Å². The normalized spacial score (nSPS) is 14.1. The highest BCUT2D eigenvalue weighted by molar-refractivity contribution is 5.92. The van der Waals surface area contributed by atoms with E-state index < -0.39 is 11.0 Å². The summed E-state index contributed by atoms with van der Waals surface area (Å²) >= 11 is 0. The first-order valence-electron chi connectivity index (χ1n) is 8.40. The zero-order valence-corrected chi connectivity index (χ0v) is 14.5. The summed E-state index contributed by atoms with van der Waals surface area (Å²) in [6.07, 6.45) is 1.41. The average molecular weight is 369 g/mol. The molecule has 1 heterocycles. The average Bonchev–Trinajstić information content (AvgIpc) is 2.69. The Morgan fingerprint density at radius 2 is 1.93 bits per heavy atom. The van der Waals surface area contributed by atoms with Crippen LogP contribution in [0, 0.1) is 10.1 Å². The molecule has 1 aliphatic rings. The number of para-hydroxylation sites is 1. The van der Waals surface area contributed by atoms with Gasteiger partial charge in [-0.2, -0.15) is 5.10 Å². The monoisotopic (exact) mass is 369 g/mol. The van der Waals surface area contributed by atoms with Gasteiger partial charge < -0.3 is 15.0 Å². The molecule has 140 valence electrons. The molecule has 1 aliphatic heterocycles. The van der Waals surface area contributed by atoms with Crippen LogP contribution in [0.2, 0.25) is 0 Å². The van der Waals surface area contributed by atoms with Crippen molar-refractivity contribution in [2.24, 2.45) is 5.10 Å². The van der Waals surface area contributed by atoms with E-state index in [1.165, 1.54) is 18.3 Å². The Morgan fingerprint density at radius 3 is 2.63 bits per heavy atom. The van der Waals surface area contributed by atoms with Gasteiger partial charge in [0.15, 0.2) is 0 Å². The lowest BCUT2D eigenvalue weighted by Crippen LogP contribution is -2.36. The Kier molecular flexibility index (Phi) is 5.95. The second-order valence-corrected chi connectivity index (χ2v) is 5.79. The molecular formula is C18H19N5O4. The first kappa shape index (κ1) is 18.3. The SMILES string of the molecule is O=C(NN=Cc1cc([N+](=O)[O-])ccc1N1CCOCC1)Nc1ccccc1. The molecular weight excluding hydrogens is 350 g/mol. The third-order valence-corrected chi connectivity index (χ3v) is 3.98. The van der Waals surface area contributed by atoms with Gasteiger partial charge in [-0.1, -0.05) is 18.2 Å². The Morgan fingerprint density at radius 1 is 1.19 bits per heavy atom. The van der Waals surface area contributed by atoms with E-state index in [1.54, 1.807) is 30.3 Å². The molecule has 9 heteroatoms. The lowest BCUT2D eigenvalue weighted by atomic mass is 10.1. The van der Waals surface area contributed by atoms with Crippen LogP contribution in [0.3, 0.4) is 0 Å². The standard InChI is InChI=1S/C18H19N5O4/c24-18(20-15-4-2-1-3-5-15)21-19-13-14-12-16(23(25)26)6-7-17(14)22-8-10-27-11-9-22/h1-7,12-13H,8-11H2,(H2,20,21,24). The number of anilines is 2. The number of rotatable bonds is 5. The maximum Gasteiger partial charge on any atom is 0.339 e. The van der Waals surface area contributed by atoms with Crippen LogP contribution in [0.25, 0.3) is 0 Å². The molecule has 0 atom stereocenters. The van der Waals surface area contributed by atoms with E-state index in [0.29, 0.717) is 37.6 Å². The van der Waals surface area contributed by atoms with Gasteiger partial charge in [0.05, 0.1) is 24.4 Å². The largest absolute Gasteiger partial charge is 0.378 e. The Labute approximate surface area is 155 Å². The lowest BCUT2D eigenvalue weighted by Gasteiger charge is -2.29. The first-order chi connectivity index (χ1) is 13.1. The quantitative estimate of drug-likeness (QED) is 0.478. The molecule has 0 saturated carbocycles. The number of nitrogens with one attached hydrogen (secondary N) is 2. The van der Waals surface area contributed by atoms with Gasteiger partial charge >= 0.3 is 6.03 Å². The van der Waals surface area contributed by atoms with Crippen molar-refractivity contribution < 1.29 is 14.5 Å². The molecule has 2 aromatic rings. The number of nitro groups is 1. The number of urea groups is 1. The lowest BCUT2D eigenvalue weighted by molar-refractivity contribution is -0.384. The highest BCUT2D eigenvalue weighted by atomic mass is 16.6. The molecule has 1 fully saturated rings. The minimum atomic E-state index is -0.504. The van der Waals surface area contributed by atoms with Crippen molar-refractivity contribution in [3.8, 4) is 0 Å². The summed E-state index contributed by atoms with van der Waals surface area (Å²) < 4.78 is 5.34. The molecule has 2 aromatic carbocycles. The number of benzene rings is 2. The van der Waals surface area contributed by atoms with E-state index in [9.17, 15) is 14.9 Å². The van der Waals surface area contributed by atoms with Gasteiger partial charge in [-0.25, -0.2) is 10.2 Å². The highest BCUT2D eigenvalue weighted by Gasteiger charge is 2.17. The van der Waals surface area contributed by atoms with E-state index in [1.807, 2.05) is 6.07 Å². The maximum atomic E-state index is 11.9. The second-order valence-electron chi connectivity index (χ2n) is 5.79. The zero-order chi connectivity index (χ0) is 19.1. The van der Waals surface area contributed by atoms with Gasteiger partial charge in [-0.05, 0) is 18.2 Å². The third kappa shape index (κ3) is 5.02. The fourth-order valence-electron chi connectivity index (χ4n) is 2.69. The summed E-state index contributed by atoms with van der Waals surface area (Å²) in [5.41, 5.74) is 4.31. The number of hydrogen-bond donors (Lipinski definition) is 2. The van der Waals surface area contributed by atoms with Gasteiger partial charge in [0, 0.05) is 42.2 Å². The Bertz CT molecular complexity index is 835. The molecule has 0 radical (unpaired) electrons. The first-order valence-corrected chi connectivity index (χ1v) is 8.40. The van der Waals surface area contributed by atoms with Crippen LogP contribution in [0.15, 0.2) is 53.6 Å². The number of non-ortho nitro benzene ring substituents is 1. The van der Waals surface area contributed by atoms with Gasteiger partial charge in [-0.15, -0.1) is 0 Å². The number of carbonyl (C=O) groups excluding carboxylic acids is 1. The highest BCUT2D eigenvalue weighted by Crippen LogP contribution is 2.25. The van der Waals surface area contributed by atoms with Crippen LogP contribution in [0.5, 0.6) is 0 Å². The van der Waals surface area contributed by atoms with Crippen molar-refractivity contribution in [1.82, 2.24) is 5.43 Å². The van der Waals surface area contributed by atoms with Crippen LogP contribution in [-0.2, 0) is 4.74 Å². The molecule has 2 N–H and O–H groups in total. The molecule has 0 aromatic heterocycles. The zero-order valence-electron chi connectivity index (χ0n) is 14.5. The van der Waals surface area contributed by atoms with Gasteiger partial charge in [-0.3, -0.25) is 10.1 Å². The number of amides is 2. The summed E-state index contributed by atoms with van der Waals surface area (Å²) in [6, 6.07) is 13.0. The molecule has 2 amide bonds. The van der Waals surface area contributed by atoms with Gasteiger partial charge in [0.25, 0.3) is 5.69 Å². The van der Waals surface area contributed by atoms with E-state index in [4.69, 9.17) is 4.74 Å². The summed E-state index contributed by atoms with van der Waals surface area (Å²) in [5, 5.41) is 17.6. The number of hydrogen-bond acceptors (Lipinski definition) is 6. The fourth-order valence-corrected chi connectivity index (χ4v) is 2.69. The number of ether oxygens (including phenoxy) is 1. The summed E-state index contributed by atoms with van der Waals surface area (Å²) in [4.78, 5) is 24.6. The minimum absolute atomic E-state index is 0.0396. The van der Waals surface area contributed by atoms with Crippen molar-refractivity contribution in [2.45, 2.75) is 0 Å².